The number of hydrogen-bond acceptors (Lipinski definition) is 8. The molecule has 114 valence electrons. The molecule has 3 rings (SSSR count). The standard InChI is InChI=1S/C11H15N5O5/c1-18-11-19-2-6(3-20-11)21-5-16-4-13-7-8(16)14-10(12)15-9(7)17/h4,6,11H,2-3,5H2,1H3,(H3,12,14,15,17). The van der Waals surface area contributed by atoms with Gasteiger partial charge in [-0.05, 0) is 0 Å². The molecule has 0 bridgehead atoms. The highest BCUT2D eigenvalue weighted by Crippen LogP contribution is 2.11. The smallest absolute Gasteiger partial charge is 0.280 e. The number of nitrogens with one attached hydrogen (secondary N) is 1. The minimum Gasteiger partial charge on any atom is -0.369 e. The van der Waals surface area contributed by atoms with Crippen LogP contribution in [0.3, 0.4) is 0 Å². The zero-order valence-electron chi connectivity index (χ0n) is 11.3. The Labute approximate surface area is 118 Å². The highest BCUT2D eigenvalue weighted by Gasteiger charge is 2.22. The van der Waals surface area contributed by atoms with Crippen molar-refractivity contribution in [2.24, 2.45) is 0 Å². The molecule has 0 aromatic carbocycles. The second-order valence-electron chi connectivity index (χ2n) is 4.45. The van der Waals surface area contributed by atoms with E-state index in [1.807, 2.05) is 0 Å². The molecule has 0 aliphatic carbocycles. The lowest BCUT2D eigenvalue weighted by Gasteiger charge is -2.28. The molecule has 21 heavy (non-hydrogen) atoms. The van der Waals surface area contributed by atoms with Gasteiger partial charge in [0.2, 0.25) is 5.95 Å². The van der Waals surface area contributed by atoms with Crippen molar-refractivity contribution in [3.8, 4) is 0 Å². The van der Waals surface area contributed by atoms with Gasteiger partial charge in [-0.3, -0.25) is 14.3 Å². The Morgan fingerprint density at radius 3 is 3.00 bits per heavy atom. The van der Waals surface area contributed by atoms with Gasteiger partial charge >= 0.3 is 0 Å². The monoisotopic (exact) mass is 297 g/mol. The summed E-state index contributed by atoms with van der Waals surface area (Å²) in [7, 11) is 1.50. The van der Waals surface area contributed by atoms with E-state index in [0.29, 0.717) is 18.9 Å². The molecule has 2 aromatic heterocycles. The molecular formula is C11H15N5O5. The Balaban J connectivity index is 1.67. The van der Waals surface area contributed by atoms with Gasteiger partial charge < -0.3 is 24.7 Å². The molecule has 0 atom stereocenters. The molecule has 0 amide bonds. The summed E-state index contributed by atoms with van der Waals surface area (Å²) in [4.78, 5) is 22.1. The molecule has 0 radical (unpaired) electrons. The predicted octanol–water partition coefficient (Wildman–Crippen LogP) is -0.979. The summed E-state index contributed by atoms with van der Waals surface area (Å²) >= 11 is 0. The molecule has 1 saturated heterocycles. The van der Waals surface area contributed by atoms with Crippen molar-refractivity contribution in [2.75, 3.05) is 26.1 Å². The van der Waals surface area contributed by atoms with Crippen molar-refractivity contribution in [2.45, 2.75) is 19.3 Å². The molecule has 0 unspecified atom stereocenters. The van der Waals surface area contributed by atoms with Crippen LogP contribution in [-0.4, -0.2) is 52.4 Å². The van der Waals surface area contributed by atoms with Crippen LogP contribution in [0.4, 0.5) is 5.95 Å². The van der Waals surface area contributed by atoms with Crippen molar-refractivity contribution in [3.05, 3.63) is 16.7 Å². The summed E-state index contributed by atoms with van der Waals surface area (Å²) in [6.45, 7) is 0.197. The zero-order chi connectivity index (χ0) is 14.8. The van der Waals surface area contributed by atoms with Crippen LogP contribution >= 0.6 is 0 Å². The number of nitrogens with zero attached hydrogens (tertiary/aromatic N) is 3. The lowest BCUT2D eigenvalue weighted by Crippen LogP contribution is -2.38. The van der Waals surface area contributed by atoms with Gasteiger partial charge in [-0.2, -0.15) is 4.98 Å². The summed E-state index contributed by atoms with van der Waals surface area (Å²) in [5.74, 6) is 0.0292. The van der Waals surface area contributed by atoms with Crippen LogP contribution in [0, 0.1) is 0 Å². The molecule has 1 fully saturated rings. The average molecular weight is 297 g/mol. The number of fused-ring (bicyclic) bond motifs is 1. The van der Waals surface area contributed by atoms with Crippen molar-refractivity contribution in [3.63, 3.8) is 0 Å². The number of imidazole rings is 1. The number of ether oxygens (including phenoxy) is 4. The van der Waals surface area contributed by atoms with E-state index >= 15 is 0 Å². The molecule has 2 aromatic rings. The van der Waals surface area contributed by atoms with E-state index in [1.54, 1.807) is 4.57 Å². The number of methoxy groups -OCH3 is 1. The molecule has 0 saturated carbocycles. The Morgan fingerprint density at radius 2 is 2.29 bits per heavy atom. The maximum Gasteiger partial charge on any atom is 0.280 e. The Morgan fingerprint density at radius 1 is 1.52 bits per heavy atom. The van der Waals surface area contributed by atoms with Crippen LogP contribution in [-0.2, 0) is 25.7 Å². The first-order valence-corrected chi connectivity index (χ1v) is 6.25. The predicted molar refractivity (Wildman–Crippen MR) is 70.1 cm³/mol. The van der Waals surface area contributed by atoms with Crippen LogP contribution in [0.5, 0.6) is 0 Å². The molecule has 3 heterocycles. The van der Waals surface area contributed by atoms with Crippen molar-refractivity contribution >= 4 is 17.1 Å². The maximum absolute atomic E-state index is 11.6. The van der Waals surface area contributed by atoms with Crippen LogP contribution in [0.15, 0.2) is 11.1 Å². The second kappa shape index (κ2) is 5.77. The van der Waals surface area contributed by atoms with E-state index in [-0.39, 0.29) is 29.9 Å². The number of aromatic amines is 1. The normalized spacial score (nSPS) is 22.7. The van der Waals surface area contributed by atoms with Gasteiger partial charge in [0, 0.05) is 7.11 Å². The number of nitrogen functional groups attached to an aromatic ring is 1. The lowest BCUT2D eigenvalue weighted by atomic mass is 10.4. The van der Waals surface area contributed by atoms with Crippen LogP contribution in [0.2, 0.25) is 0 Å². The van der Waals surface area contributed by atoms with Gasteiger partial charge in [-0.25, -0.2) is 4.98 Å². The Hall–Kier alpha value is -2.01. The largest absolute Gasteiger partial charge is 0.369 e. The lowest BCUT2D eigenvalue weighted by molar-refractivity contribution is -0.325. The van der Waals surface area contributed by atoms with Gasteiger partial charge in [-0.15, -0.1) is 0 Å². The summed E-state index contributed by atoms with van der Waals surface area (Å²) < 4.78 is 22.6. The number of nitrogens with two attached hydrogens (primary N) is 1. The highest BCUT2D eigenvalue weighted by atomic mass is 16.9. The summed E-state index contributed by atoms with van der Waals surface area (Å²) in [5, 5.41) is 0. The first kappa shape index (κ1) is 13.9. The van der Waals surface area contributed by atoms with Crippen molar-refractivity contribution < 1.29 is 18.9 Å². The van der Waals surface area contributed by atoms with Gasteiger partial charge in [0.25, 0.3) is 12.0 Å². The fourth-order valence-corrected chi connectivity index (χ4v) is 1.95. The number of hydrogen-bond donors (Lipinski definition) is 2. The third kappa shape index (κ3) is 2.88. The molecule has 3 N–H and O–H groups in total. The Bertz CT molecular complexity index is 675. The first-order chi connectivity index (χ1) is 10.2. The Kier molecular flexibility index (Phi) is 3.84. The maximum atomic E-state index is 11.6. The van der Waals surface area contributed by atoms with Crippen LogP contribution in [0.25, 0.3) is 11.2 Å². The van der Waals surface area contributed by atoms with E-state index in [9.17, 15) is 4.79 Å². The minimum absolute atomic E-state index is 0.0292. The third-order valence-electron chi connectivity index (χ3n) is 2.97. The third-order valence-corrected chi connectivity index (χ3v) is 2.97. The van der Waals surface area contributed by atoms with E-state index < -0.39 is 6.48 Å². The molecule has 0 spiro atoms. The van der Waals surface area contributed by atoms with E-state index in [0.717, 1.165) is 0 Å². The van der Waals surface area contributed by atoms with Crippen LogP contribution in [0.1, 0.15) is 0 Å². The molecule has 10 heteroatoms. The number of rotatable bonds is 4. The van der Waals surface area contributed by atoms with Gasteiger partial charge in [0.15, 0.2) is 11.2 Å². The molecular weight excluding hydrogens is 282 g/mol. The van der Waals surface area contributed by atoms with E-state index in [4.69, 9.17) is 24.7 Å². The highest BCUT2D eigenvalue weighted by molar-refractivity contribution is 5.70. The molecule has 1 aliphatic heterocycles. The quantitative estimate of drug-likeness (QED) is 0.737. The summed E-state index contributed by atoms with van der Waals surface area (Å²) in [5.41, 5.74) is 5.71. The zero-order valence-corrected chi connectivity index (χ0v) is 11.3. The van der Waals surface area contributed by atoms with Crippen molar-refractivity contribution in [1.29, 1.82) is 0 Å². The molecule has 10 nitrogen and oxygen atoms in total. The van der Waals surface area contributed by atoms with Crippen LogP contribution < -0.4 is 11.3 Å². The number of aromatic nitrogens is 4. The summed E-state index contributed by atoms with van der Waals surface area (Å²) in [6, 6.07) is 0. The molecule has 1 aliphatic rings. The van der Waals surface area contributed by atoms with Gasteiger partial charge in [-0.1, -0.05) is 0 Å². The fraction of sp³-hybridized carbons (Fsp3) is 0.545. The number of H-pyrrole nitrogens is 1. The second-order valence-corrected chi connectivity index (χ2v) is 4.45. The summed E-state index contributed by atoms with van der Waals surface area (Å²) in [6.07, 6.45) is 1.22. The minimum atomic E-state index is -0.654. The van der Waals surface area contributed by atoms with Gasteiger partial charge in [0.05, 0.1) is 19.5 Å². The topological polar surface area (TPSA) is 127 Å². The first-order valence-electron chi connectivity index (χ1n) is 6.25. The number of anilines is 1. The fourth-order valence-electron chi connectivity index (χ4n) is 1.95. The average Bonchev–Trinajstić information content (AvgIpc) is 2.89. The SMILES string of the molecule is COC1OCC(OCn2cnc3c(=O)[nH]c(N)nc32)CO1. The van der Waals surface area contributed by atoms with Gasteiger partial charge in [0.1, 0.15) is 12.8 Å². The van der Waals surface area contributed by atoms with E-state index in [2.05, 4.69) is 15.0 Å². The van der Waals surface area contributed by atoms with E-state index in [1.165, 1.54) is 13.4 Å². The van der Waals surface area contributed by atoms with Crippen molar-refractivity contribution in [1.82, 2.24) is 19.5 Å².